The Morgan fingerprint density at radius 3 is 2.72 bits per heavy atom. The molecule has 3 heterocycles. The number of hydrogen-bond donors (Lipinski definition) is 2. The summed E-state index contributed by atoms with van der Waals surface area (Å²) in [7, 11) is 0. The number of aromatic nitrogens is 4. The second-order valence-corrected chi connectivity index (χ2v) is 6.20. The van der Waals surface area contributed by atoms with Crippen molar-refractivity contribution in [1.82, 2.24) is 20.1 Å². The minimum Gasteiger partial charge on any atom is -0.389 e. The summed E-state index contributed by atoms with van der Waals surface area (Å²) in [5.41, 5.74) is 4.67. The number of aliphatic hydroxyl groups excluding tert-OH is 1. The SMILES string of the molecule is CCc1noc(-c2ncc3[nH]c4ccc(C(C)O)cc4c3c2CC)n1. The molecule has 2 N–H and O–H groups in total. The van der Waals surface area contributed by atoms with Crippen LogP contribution in [0.1, 0.15) is 43.8 Å². The van der Waals surface area contributed by atoms with Gasteiger partial charge in [-0.1, -0.05) is 25.1 Å². The lowest BCUT2D eigenvalue weighted by molar-refractivity contribution is 0.199. The van der Waals surface area contributed by atoms with Gasteiger partial charge in [-0.2, -0.15) is 4.98 Å². The molecule has 0 saturated carbocycles. The van der Waals surface area contributed by atoms with Crippen LogP contribution in [0.5, 0.6) is 0 Å². The number of fused-ring (bicyclic) bond motifs is 3. The minimum atomic E-state index is -0.510. The smallest absolute Gasteiger partial charge is 0.276 e. The second-order valence-electron chi connectivity index (χ2n) is 6.20. The first-order valence-electron chi connectivity index (χ1n) is 8.56. The van der Waals surface area contributed by atoms with E-state index in [4.69, 9.17) is 4.52 Å². The lowest BCUT2D eigenvalue weighted by Crippen LogP contribution is -1.94. The van der Waals surface area contributed by atoms with Crippen LogP contribution >= 0.6 is 0 Å². The molecule has 4 aromatic rings. The zero-order valence-corrected chi connectivity index (χ0v) is 14.5. The number of aromatic amines is 1. The third-order valence-corrected chi connectivity index (χ3v) is 4.58. The summed E-state index contributed by atoms with van der Waals surface area (Å²) in [6, 6.07) is 5.97. The lowest BCUT2D eigenvalue weighted by Gasteiger charge is -2.07. The van der Waals surface area contributed by atoms with Crippen LogP contribution in [0.15, 0.2) is 28.9 Å². The zero-order chi connectivity index (χ0) is 17.6. The fourth-order valence-corrected chi connectivity index (χ4v) is 3.26. The first kappa shape index (κ1) is 15.8. The monoisotopic (exact) mass is 336 g/mol. The van der Waals surface area contributed by atoms with Crippen molar-refractivity contribution in [3.8, 4) is 11.6 Å². The summed E-state index contributed by atoms with van der Waals surface area (Å²) in [5.74, 6) is 1.13. The van der Waals surface area contributed by atoms with Crippen molar-refractivity contribution in [2.24, 2.45) is 0 Å². The van der Waals surface area contributed by atoms with E-state index in [-0.39, 0.29) is 0 Å². The molecule has 0 amide bonds. The highest BCUT2D eigenvalue weighted by Crippen LogP contribution is 2.34. The predicted molar refractivity (Wildman–Crippen MR) is 96.3 cm³/mol. The highest BCUT2D eigenvalue weighted by atomic mass is 16.5. The number of aryl methyl sites for hydroxylation is 2. The molecule has 128 valence electrons. The standard InChI is InChI=1S/C19H20N4O2/c1-4-12-17-13-8-11(10(3)24)6-7-14(13)21-15(17)9-20-18(12)19-22-16(5-2)23-25-19/h6-10,21,24H,4-5H2,1-3H3. The Bertz CT molecular complexity index is 1060. The Morgan fingerprint density at radius 2 is 2.04 bits per heavy atom. The van der Waals surface area contributed by atoms with Gasteiger partial charge in [-0.05, 0) is 36.6 Å². The van der Waals surface area contributed by atoms with Crippen LogP contribution in [0.25, 0.3) is 33.4 Å². The van der Waals surface area contributed by atoms with Crippen LogP contribution in [0.3, 0.4) is 0 Å². The van der Waals surface area contributed by atoms with E-state index in [1.165, 1.54) is 0 Å². The lowest BCUT2D eigenvalue weighted by atomic mass is 10.0. The first-order chi connectivity index (χ1) is 12.1. The summed E-state index contributed by atoms with van der Waals surface area (Å²) in [6.07, 6.45) is 2.80. The van der Waals surface area contributed by atoms with Gasteiger partial charge in [0.15, 0.2) is 5.82 Å². The Balaban J connectivity index is 2.02. The number of nitrogens with one attached hydrogen (secondary N) is 1. The van der Waals surface area contributed by atoms with Gasteiger partial charge in [-0.3, -0.25) is 0 Å². The van der Waals surface area contributed by atoms with Crippen molar-refractivity contribution in [2.45, 2.75) is 39.7 Å². The molecule has 0 aliphatic carbocycles. The zero-order valence-electron chi connectivity index (χ0n) is 14.5. The number of aliphatic hydroxyl groups is 1. The summed E-state index contributed by atoms with van der Waals surface area (Å²) < 4.78 is 5.41. The van der Waals surface area contributed by atoms with Crippen molar-refractivity contribution in [1.29, 1.82) is 0 Å². The number of hydrogen-bond acceptors (Lipinski definition) is 5. The van der Waals surface area contributed by atoms with E-state index in [0.717, 1.165) is 51.5 Å². The van der Waals surface area contributed by atoms with Gasteiger partial charge < -0.3 is 14.6 Å². The molecule has 25 heavy (non-hydrogen) atoms. The van der Waals surface area contributed by atoms with Crippen molar-refractivity contribution >= 4 is 21.8 Å². The van der Waals surface area contributed by atoms with Crippen LogP contribution in [0.2, 0.25) is 0 Å². The number of H-pyrrole nitrogens is 1. The molecule has 3 aromatic heterocycles. The van der Waals surface area contributed by atoms with Gasteiger partial charge in [0.05, 0.1) is 17.8 Å². The topological polar surface area (TPSA) is 87.8 Å². The highest BCUT2D eigenvalue weighted by Gasteiger charge is 2.19. The van der Waals surface area contributed by atoms with Crippen LogP contribution in [-0.4, -0.2) is 25.2 Å². The highest BCUT2D eigenvalue weighted by molar-refractivity contribution is 6.10. The maximum atomic E-state index is 9.93. The number of rotatable bonds is 4. The van der Waals surface area contributed by atoms with Crippen molar-refractivity contribution in [3.05, 3.63) is 41.3 Å². The summed E-state index contributed by atoms with van der Waals surface area (Å²) in [4.78, 5) is 12.4. The van der Waals surface area contributed by atoms with Gasteiger partial charge in [-0.25, -0.2) is 4.98 Å². The van der Waals surface area contributed by atoms with E-state index >= 15 is 0 Å². The average molecular weight is 336 g/mol. The molecule has 0 fully saturated rings. The first-order valence-corrected chi connectivity index (χ1v) is 8.56. The second kappa shape index (κ2) is 5.97. The van der Waals surface area contributed by atoms with Crippen molar-refractivity contribution in [3.63, 3.8) is 0 Å². The fourth-order valence-electron chi connectivity index (χ4n) is 3.26. The Kier molecular flexibility index (Phi) is 3.77. The predicted octanol–water partition coefficient (Wildman–Crippen LogP) is 3.94. The van der Waals surface area contributed by atoms with E-state index in [1.54, 1.807) is 6.92 Å². The van der Waals surface area contributed by atoms with E-state index in [1.807, 2.05) is 31.3 Å². The molecule has 1 unspecified atom stereocenters. The van der Waals surface area contributed by atoms with Crippen LogP contribution < -0.4 is 0 Å². The van der Waals surface area contributed by atoms with E-state index < -0.39 is 6.10 Å². The molecule has 0 radical (unpaired) electrons. The summed E-state index contributed by atoms with van der Waals surface area (Å²) in [5, 5.41) is 16.1. The van der Waals surface area contributed by atoms with Gasteiger partial charge in [0, 0.05) is 22.7 Å². The molecule has 6 nitrogen and oxygen atoms in total. The number of benzene rings is 1. The van der Waals surface area contributed by atoms with E-state index in [2.05, 4.69) is 27.0 Å². The van der Waals surface area contributed by atoms with E-state index in [9.17, 15) is 5.11 Å². The maximum absolute atomic E-state index is 9.93. The van der Waals surface area contributed by atoms with Gasteiger partial charge in [-0.15, -0.1) is 0 Å². The molecular weight excluding hydrogens is 316 g/mol. The third-order valence-electron chi connectivity index (χ3n) is 4.58. The Morgan fingerprint density at radius 1 is 1.20 bits per heavy atom. The normalized spacial score (nSPS) is 13.0. The molecule has 1 aromatic carbocycles. The van der Waals surface area contributed by atoms with Crippen LogP contribution in [0.4, 0.5) is 0 Å². The van der Waals surface area contributed by atoms with E-state index in [0.29, 0.717) is 11.7 Å². The van der Waals surface area contributed by atoms with Gasteiger partial charge in [0.1, 0.15) is 5.69 Å². The van der Waals surface area contributed by atoms with Gasteiger partial charge in [0.25, 0.3) is 5.89 Å². The molecule has 0 saturated heterocycles. The Hall–Kier alpha value is -2.73. The molecule has 1 atom stereocenters. The largest absolute Gasteiger partial charge is 0.389 e. The minimum absolute atomic E-state index is 0.455. The van der Waals surface area contributed by atoms with Crippen LogP contribution in [-0.2, 0) is 12.8 Å². The molecule has 0 aliphatic heterocycles. The molecule has 0 aliphatic rings. The quantitative estimate of drug-likeness (QED) is 0.589. The summed E-state index contributed by atoms with van der Waals surface area (Å²) in [6.45, 7) is 5.85. The maximum Gasteiger partial charge on any atom is 0.276 e. The number of nitrogens with zero attached hydrogens (tertiary/aromatic N) is 3. The van der Waals surface area contributed by atoms with Gasteiger partial charge >= 0.3 is 0 Å². The molecular formula is C19H20N4O2. The summed E-state index contributed by atoms with van der Waals surface area (Å²) >= 11 is 0. The molecule has 0 spiro atoms. The number of pyridine rings is 1. The van der Waals surface area contributed by atoms with Crippen molar-refractivity contribution < 1.29 is 9.63 Å². The molecule has 0 bridgehead atoms. The fraction of sp³-hybridized carbons (Fsp3) is 0.316. The van der Waals surface area contributed by atoms with Crippen LogP contribution in [0, 0.1) is 0 Å². The molecule has 6 heteroatoms. The third kappa shape index (κ3) is 2.49. The Labute approximate surface area is 144 Å². The molecule has 4 rings (SSSR count). The average Bonchev–Trinajstić information content (AvgIpc) is 3.24. The van der Waals surface area contributed by atoms with Gasteiger partial charge in [0.2, 0.25) is 0 Å². The van der Waals surface area contributed by atoms with Crippen molar-refractivity contribution in [2.75, 3.05) is 0 Å².